The standard InChI is InChI=1S/C9H14O2/c1-6-3-7-5-9(2,4-6)11-8(7)10/h6-7H,3-5H2,1-2H3. The first-order valence-electron chi connectivity index (χ1n) is 4.32. The fourth-order valence-electron chi connectivity index (χ4n) is 2.58. The maximum absolute atomic E-state index is 11.2. The summed E-state index contributed by atoms with van der Waals surface area (Å²) in [7, 11) is 0. The van der Waals surface area contributed by atoms with Gasteiger partial charge in [0.1, 0.15) is 5.60 Å². The Labute approximate surface area is 66.9 Å². The zero-order valence-corrected chi connectivity index (χ0v) is 7.09. The fraction of sp³-hybridized carbons (Fsp3) is 0.889. The number of fused-ring (bicyclic) bond motifs is 2. The zero-order chi connectivity index (χ0) is 8.06. The van der Waals surface area contributed by atoms with E-state index >= 15 is 0 Å². The average molecular weight is 154 g/mol. The average Bonchev–Trinajstić information content (AvgIpc) is 2.01. The van der Waals surface area contributed by atoms with Gasteiger partial charge < -0.3 is 4.74 Å². The lowest BCUT2D eigenvalue weighted by Gasteiger charge is -2.29. The van der Waals surface area contributed by atoms with E-state index in [0.717, 1.165) is 19.3 Å². The second-order valence-corrected chi connectivity index (χ2v) is 4.32. The van der Waals surface area contributed by atoms with E-state index < -0.39 is 0 Å². The van der Waals surface area contributed by atoms with Gasteiger partial charge in [-0.05, 0) is 25.7 Å². The van der Waals surface area contributed by atoms with E-state index in [4.69, 9.17) is 4.74 Å². The number of carbonyl (C=O) groups excluding carboxylic acids is 1. The molecule has 1 saturated carbocycles. The Kier molecular flexibility index (Phi) is 1.29. The first kappa shape index (κ1) is 7.14. The van der Waals surface area contributed by atoms with E-state index in [1.165, 1.54) is 0 Å². The molecule has 0 aromatic carbocycles. The van der Waals surface area contributed by atoms with Crippen molar-refractivity contribution >= 4 is 5.97 Å². The largest absolute Gasteiger partial charge is 0.459 e. The van der Waals surface area contributed by atoms with E-state index in [1.807, 2.05) is 0 Å². The van der Waals surface area contributed by atoms with E-state index in [-0.39, 0.29) is 17.5 Å². The Balaban J connectivity index is 2.23. The summed E-state index contributed by atoms with van der Waals surface area (Å²) in [5.74, 6) is 0.908. The van der Waals surface area contributed by atoms with Crippen molar-refractivity contribution in [3.05, 3.63) is 0 Å². The van der Waals surface area contributed by atoms with Crippen molar-refractivity contribution in [2.24, 2.45) is 11.8 Å². The number of esters is 1. The van der Waals surface area contributed by atoms with Crippen LogP contribution in [0.15, 0.2) is 0 Å². The third-order valence-corrected chi connectivity index (χ3v) is 2.83. The van der Waals surface area contributed by atoms with Crippen molar-refractivity contribution in [2.75, 3.05) is 0 Å². The molecule has 2 bridgehead atoms. The maximum atomic E-state index is 11.2. The summed E-state index contributed by atoms with van der Waals surface area (Å²) >= 11 is 0. The third-order valence-electron chi connectivity index (χ3n) is 2.83. The van der Waals surface area contributed by atoms with Gasteiger partial charge in [0, 0.05) is 6.42 Å². The highest BCUT2D eigenvalue weighted by Gasteiger charge is 2.48. The van der Waals surface area contributed by atoms with Crippen LogP contribution in [0.4, 0.5) is 0 Å². The topological polar surface area (TPSA) is 26.3 Å². The molecule has 62 valence electrons. The van der Waals surface area contributed by atoms with Gasteiger partial charge >= 0.3 is 5.97 Å². The number of rotatable bonds is 0. The Morgan fingerprint density at radius 2 is 2.27 bits per heavy atom. The molecular formula is C9H14O2. The van der Waals surface area contributed by atoms with Crippen LogP contribution in [0.3, 0.4) is 0 Å². The van der Waals surface area contributed by atoms with Gasteiger partial charge in [0.05, 0.1) is 5.92 Å². The molecule has 11 heavy (non-hydrogen) atoms. The first-order valence-corrected chi connectivity index (χ1v) is 4.32. The minimum Gasteiger partial charge on any atom is -0.459 e. The van der Waals surface area contributed by atoms with Crippen molar-refractivity contribution in [3.63, 3.8) is 0 Å². The Morgan fingerprint density at radius 1 is 1.55 bits per heavy atom. The van der Waals surface area contributed by atoms with Crippen molar-refractivity contribution < 1.29 is 9.53 Å². The van der Waals surface area contributed by atoms with E-state index in [0.29, 0.717) is 5.92 Å². The minimum atomic E-state index is -0.112. The second kappa shape index (κ2) is 1.99. The maximum Gasteiger partial charge on any atom is 0.309 e. The van der Waals surface area contributed by atoms with Gasteiger partial charge in [-0.25, -0.2) is 0 Å². The Morgan fingerprint density at radius 3 is 2.91 bits per heavy atom. The normalized spacial score (nSPS) is 49.1. The molecule has 2 fully saturated rings. The summed E-state index contributed by atoms with van der Waals surface area (Å²) in [6, 6.07) is 0. The summed E-state index contributed by atoms with van der Waals surface area (Å²) < 4.78 is 5.30. The molecule has 0 amide bonds. The molecule has 0 N–H and O–H groups in total. The van der Waals surface area contributed by atoms with Gasteiger partial charge in [-0.15, -0.1) is 0 Å². The molecule has 2 aliphatic rings. The van der Waals surface area contributed by atoms with Crippen molar-refractivity contribution in [3.8, 4) is 0 Å². The zero-order valence-electron chi connectivity index (χ0n) is 7.09. The highest BCUT2D eigenvalue weighted by atomic mass is 16.6. The lowest BCUT2D eigenvalue weighted by molar-refractivity contribution is -0.148. The molecular weight excluding hydrogens is 140 g/mol. The van der Waals surface area contributed by atoms with E-state index in [1.54, 1.807) is 0 Å². The fourth-order valence-corrected chi connectivity index (χ4v) is 2.58. The molecule has 3 unspecified atom stereocenters. The number of hydrogen-bond acceptors (Lipinski definition) is 2. The summed E-state index contributed by atoms with van der Waals surface area (Å²) in [6.07, 6.45) is 3.04. The van der Waals surface area contributed by atoms with Crippen LogP contribution in [0.5, 0.6) is 0 Å². The lowest BCUT2D eigenvalue weighted by atomic mass is 9.76. The smallest absolute Gasteiger partial charge is 0.309 e. The molecule has 0 aromatic heterocycles. The van der Waals surface area contributed by atoms with Crippen molar-refractivity contribution in [1.82, 2.24) is 0 Å². The monoisotopic (exact) mass is 154 g/mol. The van der Waals surface area contributed by atoms with Crippen LogP contribution in [-0.4, -0.2) is 11.6 Å². The highest BCUT2D eigenvalue weighted by molar-refractivity contribution is 5.75. The predicted octanol–water partition coefficient (Wildman–Crippen LogP) is 1.74. The lowest BCUT2D eigenvalue weighted by Crippen LogP contribution is -2.29. The van der Waals surface area contributed by atoms with Gasteiger partial charge in [0.2, 0.25) is 0 Å². The molecule has 2 heteroatoms. The molecule has 1 aliphatic heterocycles. The minimum absolute atomic E-state index is 0.0388. The summed E-state index contributed by atoms with van der Waals surface area (Å²) in [5, 5.41) is 0. The Bertz CT molecular complexity index is 200. The quantitative estimate of drug-likeness (QED) is 0.497. The van der Waals surface area contributed by atoms with Crippen molar-refractivity contribution in [2.45, 2.75) is 38.7 Å². The highest BCUT2D eigenvalue weighted by Crippen LogP contribution is 2.44. The van der Waals surface area contributed by atoms with Gasteiger partial charge in [-0.1, -0.05) is 6.92 Å². The first-order chi connectivity index (χ1) is 5.09. The van der Waals surface area contributed by atoms with Gasteiger partial charge in [0.25, 0.3) is 0 Å². The molecule has 0 spiro atoms. The molecule has 2 rings (SSSR count). The predicted molar refractivity (Wildman–Crippen MR) is 41.0 cm³/mol. The van der Waals surface area contributed by atoms with Crippen LogP contribution < -0.4 is 0 Å². The van der Waals surface area contributed by atoms with Crippen LogP contribution in [0.25, 0.3) is 0 Å². The molecule has 1 heterocycles. The number of ether oxygens (including phenoxy) is 1. The van der Waals surface area contributed by atoms with Crippen LogP contribution in [0.1, 0.15) is 33.1 Å². The third kappa shape index (κ3) is 1.05. The summed E-state index contributed by atoms with van der Waals surface area (Å²) in [5.41, 5.74) is -0.112. The van der Waals surface area contributed by atoms with Crippen LogP contribution >= 0.6 is 0 Å². The van der Waals surface area contributed by atoms with Crippen molar-refractivity contribution in [1.29, 1.82) is 0 Å². The molecule has 0 radical (unpaired) electrons. The van der Waals surface area contributed by atoms with Crippen LogP contribution in [0.2, 0.25) is 0 Å². The number of carbonyl (C=O) groups is 1. The van der Waals surface area contributed by atoms with E-state index in [2.05, 4.69) is 13.8 Å². The van der Waals surface area contributed by atoms with Gasteiger partial charge in [-0.2, -0.15) is 0 Å². The van der Waals surface area contributed by atoms with Crippen LogP contribution in [0, 0.1) is 11.8 Å². The molecule has 2 nitrogen and oxygen atoms in total. The molecule has 0 aromatic rings. The molecule has 1 saturated heterocycles. The van der Waals surface area contributed by atoms with E-state index in [9.17, 15) is 4.79 Å². The Hall–Kier alpha value is -0.530. The summed E-state index contributed by atoms with van der Waals surface area (Å²) in [6.45, 7) is 4.26. The van der Waals surface area contributed by atoms with Gasteiger partial charge in [-0.3, -0.25) is 4.79 Å². The van der Waals surface area contributed by atoms with Gasteiger partial charge in [0.15, 0.2) is 0 Å². The SMILES string of the molecule is CC1CC2CC(C)(C1)OC2=O. The molecule has 1 aliphatic carbocycles. The number of hydrogen-bond donors (Lipinski definition) is 0. The second-order valence-electron chi connectivity index (χ2n) is 4.32. The molecule has 3 atom stereocenters. The van der Waals surface area contributed by atoms with Crippen LogP contribution in [-0.2, 0) is 9.53 Å². The summed E-state index contributed by atoms with van der Waals surface area (Å²) in [4.78, 5) is 11.2.